The number of phenols is 1. The molecule has 0 spiro atoms. The molecule has 19 heavy (non-hydrogen) atoms. The second-order valence-corrected chi connectivity index (χ2v) is 4.46. The fourth-order valence-corrected chi connectivity index (χ4v) is 1.97. The summed E-state index contributed by atoms with van der Waals surface area (Å²) in [6.45, 7) is 1.47. The lowest BCUT2D eigenvalue weighted by Crippen LogP contribution is -2.06. The molecule has 2 aromatic carbocycles. The molecule has 0 saturated carbocycles. The lowest BCUT2D eigenvalue weighted by molar-refractivity contribution is -0.137. The molecule has 0 unspecified atom stereocenters. The van der Waals surface area contributed by atoms with Crippen LogP contribution in [-0.2, 0) is 12.6 Å². The van der Waals surface area contributed by atoms with Crippen LogP contribution in [0.15, 0.2) is 42.5 Å². The van der Waals surface area contributed by atoms with Gasteiger partial charge >= 0.3 is 6.18 Å². The van der Waals surface area contributed by atoms with E-state index < -0.39 is 11.7 Å². The second kappa shape index (κ2) is 4.96. The van der Waals surface area contributed by atoms with Crippen LogP contribution in [0.25, 0.3) is 0 Å². The minimum absolute atomic E-state index is 0.0724. The van der Waals surface area contributed by atoms with Gasteiger partial charge in [-0.1, -0.05) is 30.3 Å². The predicted octanol–water partition coefficient (Wildman–Crippen LogP) is 4.31. The molecule has 100 valence electrons. The molecule has 2 rings (SSSR count). The SMILES string of the molecule is Cc1cc(C(F)(F)F)cc(Cc2ccccc2)c1O. The monoisotopic (exact) mass is 266 g/mol. The Morgan fingerprint density at radius 1 is 1.05 bits per heavy atom. The van der Waals surface area contributed by atoms with Crippen molar-refractivity contribution < 1.29 is 18.3 Å². The van der Waals surface area contributed by atoms with Gasteiger partial charge in [-0.25, -0.2) is 0 Å². The molecule has 4 heteroatoms. The molecule has 0 aromatic heterocycles. The van der Waals surface area contributed by atoms with Crippen molar-refractivity contribution in [3.05, 3.63) is 64.7 Å². The van der Waals surface area contributed by atoms with Crippen LogP contribution in [0.3, 0.4) is 0 Å². The number of hydrogen-bond donors (Lipinski definition) is 1. The normalized spacial score (nSPS) is 11.6. The first kappa shape index (κ1) is 13.5. The standard InChI is InChI=1S/C15H13F3O/c1-10-7-13(15(16,17)18)9-12(14(10)19)8-11-5-3-2-4-6-11/h2-7,9,19H,8H2,1H3. The number of benzene rings is 2. The van der Waals surface area contributed by atoms with E-state index >= 15 is 0 Å². The average Bonchev–Trinajstić information content (AvgIpc) is 2.34. The summed E-state index contributed by atoms with van der Waals surface area (Å²) in [5.74, 6) is -0.0724. The van der Waals surface area contributed by atoms with Crippen molar-refractivity contribution >= 4 is 0 Å². The summed E-state index contributed by atoms with van der Waals surface area (Å²) in [5.41, 5.74) is 0.657. The van der Waals surface area contributed by atoms with Gasteiger partial charge in [-0.15, -0.1) is 0 Å². The molecule has 0 fully saturated rings. The van der Waals surface area contributed by atoms with Gasteiger partial charge in [-0.05, 0) is 35.7 Å². The molecule has 0 aliphatic rings. The Labute approximate surface area is 109 Å². The van der Waals surface area contributed by atoms with Crippen LogP contribution in [-0.4, -0.2) is 5.11 Å². The molecule has 0 aliphatic carbocycles. The van der Waals surface area contributed by atoms with Crippen LogP contribution >= 0.6 is 0 Å². The third-order valence-electron chi connectivity index (χ3n) is 2.94. The number of aromatic hydroxyl groups is 1. The molecule has 0 radical (unpaired) electrons. The van der Waals surface area contributed by atoms with Gasteiger partial charge in [0.2, 0.25) is 0 Å². The van der Waals surface area contributed by atoms with E-state index in [4.69, 9.17) is 0 Å². The predicted molar refractivity (Wildman–Crippen MR) is 67.1 cm³/mol. The van der Waals surface area contributed by atoms with Crippen LogP contribution < -0.4 is 0 Å². The van der Waals surface area contributed by atoms with E-state index in [9.17, 15) is 18.3 Å². The Kier molecular flexibility index (Phi) is 3.51. The number of rotatable bonds is 2. The quantitative estimate of drug-likeness (QED) is 0.858. The molecule has 0 bridgehead atoms. The third kappa shape index (κ3) is 3.08. The highest BCUT2D eigenvalue weighted by Crippen LogP contribution is 2.35. The summed E-state index contributed by atoms with van der Waals surface area (Å²) in [6.07, 6.45) is -4.12. The van der Waals surface area contributed by atoms with E-state index in [1.165, 1.54) is 6.92 Å². The van der Waals surface area contributed by atoms with Crippen molar-refractivity contribution in [3.8, 4) is 5.75 Å². The topological polar surface area (TPSA) is 20.2 Å². The smallest absolute Gasteiger partial charge is 0.416 e. The number of aryl methyl sites for hydroxylation is 1. The summed E-state index contributed by atoms with van der Waals surface area (Å²) in [5, 5.41) is 9.88. The van der Waals surface area contributed by atoms with Crippen molar-refractivity contribution in [2.75, 3.05) is 0 Å². The summed E-state index contributed by atoms with van der Waals surface area (Å²) in [7, 11) is 0. The first-order chi connectivity index (χ1) is 8.88. The van der Waals surface area contributed by atoms with Gasteiger partial charge in [0, 0.05) is 6.42 Å². The van der Waals surface area contributed by atoms with Gasteiger partial charge in [0.1, 0.15) is 5.75 Å². The Morgan fingerprint density at radius 3 is 2.26 bits per heavy atom. The maximum Gasteiger partial charge on any atom is 0.416 e. The summed E-state index contributed by atoms with van der Waals surface area (Å²) < 4.78 is 38.2. The van der Waals surface area contributed by atoms with Crippen LogP contribution in [0.1, 0.15) is 22.3 Å². The fraction of sp³-hybridized carbons (Fsp3) is 0.200. The molecule has 0 amide bonds. The van der Waals surface area contributed by atoms with E-state index in [-0.39, 0.29) is 17.7 Å². The van der Waals surface area contributed by atoms with Crippen molar-refractivity contribution in [2.24, 2.45) is 0 Å². The number of hydrogen-bond acceptors (Lipinski definition) is 1. The zero-order chi connectivity index (χ0) is 14.0. The Balaban J connectivity index is 2.42. The highest BCUT2D eigenvalue weighted by atomic mass is 19.4. The lowest BCUT2D eigenvalue weighted by atomic mass is 9.98. The van der Waals surface area contributed by atoms with Gasteiger partial charge in [0.15, 0.2) is 0 Å². The summed E-state index contributed by atoms with van der Waals surface area (Å²) in [4.78, 5) is 0. The van der Waals surface area contributed by atoms with E-state index in [0.717, 1.165) is 17.7 Å². The maximum absolute atomic E-state index is 12.7. The molecular weight excluding hydrogens is 253 g/mol. The highest BCUT2D eigenvalue weighted by molar-refractivity contribution is 5.46. The summed E-state index contributed by atoms with van der Waals surface area (Å²) in [6, 6.07) is 11.1. The maximum atomic E-state index is 12.7. The van der Waals surface area contributed by atoms with Crippen molar-refractivity contribution in [1.82, 2.24) is 0 Å². The zero-order valence-corrected chi connectivity index (χ0v) is 10.3. The van der Waals surface area contributed by atoms with Crippen LogP contribution in [0.2, 0.25) is 0 Å². The highest BCUT2D eigenvalue weighted by Gasteiger charge is 2.31. The molecule has 2 aromatic rings. The van der Waals surface area contributed by atoms with Gasteiger partial charge in [-0.3, -0.25) is 0 Å². The number of alkyl halides is 3. The Bertz CT molecular complexity index is 574. The largest absolute Gasteiger partial charge is 0.507 e. The molecule has 0 atom stereocenters. The minimum atomic E-state index is -4.40. The van der Waals surface area contributed by atoms with Crippen molar-refractivity contribution in [1.29, 1.82) is 0 Å². The zero-order valence-electron chi connectivity index (χ0n) is 10.3. The lowest BCUT2D eigenvalue weighted by Gasteiger charge is -2.13. The van der Waals surface area contributed by atoms with Crippen LogP contribution in [0, 0.1) is 6.92 Å². The van der Waals surface area contributed by atoms with Gasteiger partial charge in [-0.2, -0.15) is 13.2 Å². The van der Waals surface area contributed by atoms with E-state index in [1.54, 1.807) is 0 Å². The first-order valence-electron chi connectivity index (χ1n) is 5.81. The first-order valence-corrected chi connectivity index (χ1v) is 5.81. The summed E-state index contributed by atoms with van der Waals surface area (Å²) >= 11 is 0. The molecular formula is C15H13F3O. The van der Waals surface area contributed by atoms with Gasteiger partial charge in [0.25, 0.3) is 0 Å². The van der Waals surface area contributed by atoms with Crippen molar-refractivity contribution in [2.45, 2.75) is 19.5 Å². The van der Waals surface area contributed by atoms with Crippen LogP contribution in [0.5, 0.6) is 5.75 Å². The van der Waals surface area contributed by atoms with E-state index in [1.807, 2.05) is 30.3 Å². The molecule has 0 aliphatic heterocycles. The van der Waals surface area contributed by atoms with Crippen LogP contribution in [0.4, 0.5) is 13.2 Å². The second-order valence-electron chi connectivity index (χ2n) is 4.46. The van der Waals surface area contributed by atoms with E-state index in [0.29, 0.717) is 5.56 Å². The van der Waals surface area contributed by atoms with Crippen molar-refractivity contribution in [3.63, 3.8) is 0 Å². The minimum Gasteiger partial charge on any atom is -0.507 e. The van der Waals surface area contributed by atoms with Gasteiger partial charge < -0.3 is 5.11 Å². The third-order valence-corrected chi connectivity index (χ3v) is 2.94. The fourth-order valence-electron chi connectivity index (χ4n) is 1.97. The molecule has 1 nitrogen and oxygen atoms in total. The number of halogens is 3. The molecule has 0 saturated heterocycles. The van der Waals surface area contributed by atoms with Gasteiger partial charge in [0.05, 0.1) is 5.56 Å². The molecule has 1 N–H and O–H groups in total. The molecule has 0 heterocycles. The Morgan fingerprint density at radius 2 is 1.68 bits per heavy atom. The average molecular weight is 266 g/mol. The number of phenolic OH excluding ortho intramolecular Hbond substituents is 1. The van der Waals surface area contributed by atoms with E-state index in [2.05, 4.69) is 0 Å². The Hall–Kier alpha value is -1.97.